The molecule has 3 aromatic rings. The molecule has 4 rings (SSSR count). The van der Waals surface area contributed by atoms with E-state index in [1.165, 1.54) is 29.9 Å². The number of amides is 1. The molecule has 3 N–H and O–H groups in total. The van der Waals surface area contributed by atoms with Gasteiger partial charge in [-0.15, -0.1) is 0 Å². The van der Waals surface area contributed by atoms with Crippen LogP contribution in [-0.4, -0.2) is 49.9 Å². The van der Waals surface area contributed by atoms with Crippen LogP contribution >= 0.6 is 23.2 Å². The minimum absolute atomic E-state index is 0.0860. The summed E-state index contributed by atoms with van der Waals surface area (Å²) in [5, 5.41) is 14.0. The molecule has 2 aromatic heterocycles. The van der Waals surface area contributed by atoms with E-state index in [0.29, 0.717) is 11.6 Å². The maximum atomic E-state index is 12.8. The van der Waals surface area contributed by atoms with Crippen molar-refractivity contribution < 1.29 is 4.79 Å². The molecule has 1 fully saturated rings. The van der Waals surface area contributed by atoms with Crippen LogP contribution in [0.4, 0.5) is 5.82 Å². The van der Waals surface area contributed by atoms with Gasteiger partial charge in [0, 0.05) is 18.1 Å². The Balaban J connectivity index is 1.33. The molecule has 1 aliphatic carbocycles. The van der Waals surface area contributed by atoms with Gasteiger partial charge >= 0.3 is 0 Å². The van der Waals surface area contributed by atoms with Crippen LogP contribution in [0.3, 0.4) is 0 Å². The van der Waals surface area contributed by atoms with E-state index in [1.807, 2.05) is 0 Å². The highest BCUT2D eigenvalue weighted by Gasteiger charge is 2.20. The first-order valence-electron chi connectivity index (χ1n) is 11.1. The summed E-state index contributed by atoms with van der Waals surface area (Å²) in [6.45, 7) is 2.46. The molecule has 180 valence electrons. The Bertz CT molecular complexity index is 1180. The molecule has 34 heavy (non-hydrogen) atoms. The van der Waals surface area contributed by atoms with Gasteiger partial charge < -0.3 is 16.0 Å². The SMILES string of the molecule is O=C(Cn1c(Cl)cnc(NCCCNCC2CC2)c1=O)NCc1cc(Cl)ccc1-n1cncn1. The van der Waals surface area contributed by atoms with Gasteiger partial charge in [-0.3, -0.25) is 14.2 Å². The van der Waals surface area contributed by atoms with Crippen molar-refractivity contribution in [3.63, 3.8) is 0 Å². The molecular formula is C22H26Cl2N8O2. The van der Waals surface area contributed by atoms with Crippen LogP contribution in [0.5, 0.6) is 0 Å². The average Bonchev–Trinajstić information content (AvgIpc) is 3.49. The number of carbonyl (C=O) groups excluding carboxylic acids is 1. The number of carbonyl (C=O) groups is 1. The molecule has 0 spiro atoms. The summed E-state index contributed by atoms with van der Waals surface area (Å²) >= 11 is 12.3. The van der Waals surface area contributed by atoms with Crippen molar-refractivity contribution in [2.45, 2.75) is 32.4 Å². The fraction of sp³-hybridized carbons (Fsp3) is 0.409. The minimum atomic E-state index is -0.445. The number of benzene rings is 1. The first kappa shape index (κ1) is 24.2. The van der Waals surface area contributed by atoms with Crippen LogP contribution in [0.25, 0.3) is 5.69 Å². The molecule has 1 aliphatic rings. The van der Waals surface area contributed by atoms with Gasteiger partial charge in [0.25, 0.3) is 5.56 Å². The predicted molar refractivity (Wildman–Crippen MR) is 130 cm³/mol. The zero-order chi connectivity index (χ0) is 23.9. The lowest BCUT2D eigenvalue weighted by atomic mass is 10.1. The maximum absolute atomic E-state index is 12.8. The van der Waals surface area contributed by atoms with E-state index in [2.05, 4.69) is 31.0 Å². The molecule has 2 heterocycles. The molecular weight excluding hydrogens is 479 g/mol. The van der Waals surface area contributed by atoms with Gasteiger partial charge in [-0.05, 0) is 62.0 Å². The second kappa shape index (κ2) is 11.5. The van der Waals surface area contributed by atoms with E-state index in [0.717, 1.165) is 36.7 Å². The third-order valence-corrected chi connectivity index (χ3v) is 5.98. The lowest BCUT2D eigenvalue weighted by Gasteiger charge is -2.13. The Kier molecular flexibility index (Phi) is 8.15. The topological polar surface area (TPSA) is 119 Å². The number of anilines is 1. The molecule has 1 amide bonds. The van der Waals surface area contributed by atoms with E-state index >= 15 is 0 Å². The zero-order valence-electron chi connectivity index (χ0n) is 18.5. The van der Waals surface area contributed by atoms with Crippen LogP contribution in [0.2, 0.25) is 10.2 Å². The summed E-state index contributed by atoms with van der Waals surface area (Å²) in [5.41, 5.74) is 1.04. The molecule has 0 atom stereocenters. The van der Waals surface area contributed by atoms with E-state index in [4.69, 9.17) is 23.2 Å². The third kappa shape index (κ3) is 6.55. The van der Waals surface area contributed by atoms with E-state index in [-0.39, 0.29) is 30.0 Å². The van der Waals surface area contributed by atoms with Crippen LogP contribution in [-0.2, 0) is 17.9 Å². The van der Waals surface area contributed by atoms with E-state index < -0.39 is 5.56 Å². The molecule has 0 saturated heterocycles. The Morgan fingerprint density at radius 3 is 2.82 bits per heavy atom. The summed E-state index contributed by atoms with van der Waals surface area (Å²) in [6, 6.07) is 5.27. The van der Waals surface area contributed by atoms with Crippen molar-refractivity contribution in [1.29, 1.82) is 0 Å². The number of hydrogen-bond acceptors (Lipinski definition) is 7. The van der Waals surface area contributed by atoms with Gasteiger partial charge in [-0.25, -0.2) is 14.6 Å². The molecule has 12 heteroatoms. The lowest BCUT2D eigenvalue weighted by molar-refractivity contribution is -0.121. The highest BCUT2D eigenvalue weighted by Crippen LogP contribution is 2.27. The van der Waals surface area contributed by atoms with Gasteiger partial charge in [0.15, 0.2) is 5.82 Å². The Labute approximate surface area is 206 Å². The van der Waals surface area contributed by atoms with Crippen LogP contribution in [0.15, 0.2) is 41.8 Å². The van der Waals surface area contributed by atoms with Crippen LogP contribution < -0.4 is 21.5 Å². The minimum Gasteiger partial charge on any atom is -0.365 e. The average molecular weight is 505 g/mol. The smallest absolute Gasteiger partial charge is 0.294 e. The number of halogens is 2. The summed E-state index contributed by atoms with van der Waals surface area (Å²) < 4.78 is 2.77. The monoisotopic (exact) mass is 504 g/mol. The van der Waals surface area contributed by atoms with Gasteiger partial charge in [0.05, 0.1) is 11.9 Å². The van der Waals surface area contributed by atoms with Crippen molar-refractivity contribution in [2.24, 2.45) is 5.92 Å². The molecule has 10 nitrogen and oxygen atoms in total. The normalized spacial score (nSPS) is 13.1. The maximum Gasteiger partial charge on any atom is 0.294 e. The number of rotatable bonds is 12. The number of hydrogen-bond donors (Lipinski definition) is 3. The van der Waals surface area contributed by atoms with Crippen molar-refractivity contribution in [1.82, 2.24) is 34.9 Å². The van der Waals surface area contributed by atoms with Gasteiger partial charge in [0.1, 0.15) is 24.4 Å². The third-order valence-electron chi connectivity index (χ3n) is 5.44. The Morgan fingerprint density at radius 1 is 1.21 bits per heavy atom. The molecule has 1 saturated carbocycles. The lowest BCUT2D eigenvalue weighted by Crippen LogP contribution is -2.34. The quantitative estimate of drug-likeness (QED) is 0.323. The van der Waals surface area contributed by atoms with E-state index in [1.54, 1.807) is 29.2 Å². The number of aromatic nitrogens is 5. The Morgan fingerprint density at radius 2 is 2.06 bits per heavy atom. The summed E-state index contributed by atoms with van der Waals surface area (Å²) in [4.78, 5) is 33.5. The first-order chi connectivity index (χ1) is 16.5. The summed E-state index contributed by atoms with van der Waals surface area (Å²) in [7, 11) is 0. The highest BCUT2D eigenvalue weighted by molar-refractivity contribution is 6.30. The summed E-state index contributed by atoms with van der Waals surface area (Å²) in [5.74, 6) is 0.620. The number of nitrogens with zero attached hydrogens (tertiary/aromatic N) is 5. The molecule has 1 aromatic carbocycles. The fourth-order valence-corrected chi connectivity index (χ4v) is 3.81. The highest BCUT2D eigenvalue weighted by atomic mass is 35.5. The van der Waals surface area contributed by atoms with Crippen LogP contribution in [0.1, 0.15) is 24.8 Å². The molecule has 0 aliphatic heterocycles. The van der Waals surface area contributed by atoms with E-state index in [9.17, 15) is 9.59 Å². The van der Waals surface area contributed by atoms with Crippen molar-refractivity contribution in [3.8, 4) is 5.69 Å². The summed E-state index contributed by atoms with van der Waals surface area (Å²) in [6.07, 6.45) is 7.83. The molecule has 0 bridgehead atoms. The number of nitrogens with one attached hydrogen (secondary N) is 3. The van der Waals surface area contributed by atoms with Crippen molar-refractivity contribution in [2.75, 3.05) is 25.0 Å². The second-order valence-corrected chi connectivity index (χ2v) is 8.96. The first-order valence-corrected chi connectivity index (χ1v) is 11.9. The van der Waals surface area contributed by atoms with Crippen LogP contribution in [0, 0.1) is 5.92 Å². The molecule has 0 unspecified atom stereocenters. The van der Waals surface area contributed by atoms with Crippen molar-refractivity contribution in [3.05, 3.63) is 63.1 Å². The predicted octanol–water partition coefficient (Wildman–Crippen LogP) is 2.25. The second-order valence-electron chi connectivity index (χ2n) is 8.14. The van der Waals surface area contributed by atoms with Gasteiger partial charge in [-0.1, -0.05) is 23.2 Å². The van der Waals surface area contributed by atoms with Gasteiger partial charge in [0.2, 0.25) is 5.91 Å². The fourth-order valence-electron chi connectivity index (χ4n) is 3.43. The largest absolute Gasteiger partial charge is 0.365 e. The molecule has 0 radical (unpaired) electrons. The zero-order valence-corrected chi connectivity index (χ0v) is 20.0. The Hall–Kier alpha value is -2.95. The standard InChI is InChI=1S/C22H26Cl2N8O2/c23-17-4-5-18(32-14-26-13-30-32)16(8-17)10-28-20(33)12-31-19(24)11-29-21(22(31)34)27-7-1-6-25-9-15-2-3-15/h4-5,8,11,13-15,25H,1-3,6-7,9-10,12H2,(H,27,29)(H,28,33). The van der Waals surface area contributed by atoms with Crippen molar-refractivity contribution >= 4 is 34.9 Å². The van der Waals surface area contributed by atoms with Gasteiger partial charge in [-0.2, -0.15) is 5.10 Å².